The number of rotatable bonds is 4. The highest BCUT2D eigenvalue weighted by Crippen LogP contribution is 2.46. The summed E-state index contributed by atoms with van der Waals surface area (Å²) in [6.07, 6.45) is -12.5. The number of hydrogen-bond donors (Lipinski definition) is 0. The van der Waals surface area contributed by atoms with Crippen molar-refractivity contribution in [3.8, 4) is 5.75 Å². The van der Waals surface area contributed by atoms with Gasteiger partial charge in [0.15, 0.2) is 0 Å². The summed E-state index contributed by atoms with van der Waals surface area (Å²) in [5.74, 6) is -5.00. The lowest BCUT2D eigenvalue weighted by Crippen LogP contribution is -2.64. The molecule has 1 aromatic carbocycles. The van der Waals surface area contributed by atoms with Crippen LogP contribution in [0.2, 0.25) is 0 Å². The predicted octanol–water partition coefficient (Wildman–Crippen LogP) is 2.61. The Morgan fingerprint density at radius 2 is 1.36 bits per heavy atom. The first-order valence-electron chi connectivity index (χ1n) is 5.19. The molecule has 0 fully saturated rings. The van der Waals surface area contributed by atoms with Crippen LogP contribution >= 0.6 is 0 Å². The fourth-order valence-corrected chi connectivity index (χ4v) is 2.31. The summed E-state index contributed by atoms with van der Waals surface area (Å²) in [6.45, 7) is 0. The van der Waals surface area contributed by atoms with E-state index in [1.165, 1.54) is 0 Å². The van der Waals surface area contributed by atoms with Crippen molar-refractivity contribution in [2.45, 2.75) is 18.0 Å². The maximum absolute atomic E-state index is 12.8. The molecule has 1 aromatic rings. The van der Waals surface area contributed by atoms with Gasteiger partial charge in [0, 0.05) is 0 Å². The number of ether oxygens (including phenoxy) is 1. The van der Waals surface area contributed by atoms with Crippen molar-refractivity contribution in [1.82, 2.24) is 0 Å². The Bertz CT molecular complexity index is 604. The molecule has 0 aliphatic carbocycles. The van der Waals surface area contributed by atoms with Crippen molar-refractivity contribution in [3.63, 3.8) is 0 Å². The third-order valence-electron chi connectivity index (χ3n) is 2.40. The molecule has 126 valence electrons. The van der Waals surface area contributed by atoms with Crippen LogP contribution in [0.3, 0.4) is 0 Å². The molecule has 0 N–H and O–H groups in total. The van der Waals surface area contributed by atoms with Gasteiger partial charge in [0.25, 0.3) is 0 Å². The Balaban J connectivity index is 3.45. The molecule has 0 unspecified atom stereocenters. The van der Waals surface area contributed by atoms with Crippen LogP contribution in [0.1, 0.15) is 0 Å². The average Bonchev–Trinajstić information content (AvgIpc) is 2.26. The molecule has 0 amide bonds. The van der Waals surface area contributed by atoms with E-state index in [2.05, 4.69) is 4.74 Å². The SMILES string of the molecule is O=S(=O)([O-])CC(Oc1ccc(F)cc1)(C(F)(F)F)C(F)(F)F. The number of benzene rings is 1. The summed E-state index contributed by atoms with van der Waals surface area (Å²) in [5, 5.41) is 0. The van der Waals surface area contributed by atoms with E-state index in [9.17, 15) is 43.7 Å². The quantitative estimate of drug-likeness (QED) is 0.615. The summed E-state index contributed by atoms with van der Waals surface area (Å²) in [4.78, 5) is 0. The topological polar surface area (TPSA) is 66.4 Å². The van der Waals surface area contributed by atoms with Gasteiger partial charge in [-0.1, -0.05) is 0 Å². The van der Waals surface area contributed by atoms with Gasteiger partial charge in [-0.05, 0) is 24.3 Å². The maximum atomic E-state index is 12.8. The highest BCUT2D eigenvalue weighted by Gasteiger charge is 2.74. The molecule has 22 heavy (non-hydrogen) atoms. The summed E-state index contributed by atoms with van der Waals surface area (Å²) in [6, 6.07) is 1.86. The zero-order valence-electron chi connectivity index (χ0n) is 10.2. The van der Waals surface area contributed by atoms with Crippen LogP contribution in [0.5, 0.6) is 5.75 Å². The molecular weight excluding hydrogens is 349 g/mol. The second kappa shape index (κ2) is 5.57. The zero-order chi connectivity index (χ0) is 17.4. The van der Waals surface area contributed by atoms with Gasteiger partial charge in [-0.15, -0.1) is 0 Å². The summed E-state index contributed by atoms with van der Waals surface area (Å²) >= 11 is 0. The average molecular weight is 355 g/mol. The van der Waals surface area contributed by atoms with Gasteiger partial charge < -0.3 is 9.29 Å². The molecule has 4 nitrogen and oxygen atoms in total. The highest BCUT2D eigenvalue weighted by molar-refractivity contribution is 7.85. The first-order valence-corrected chi connectivity index (χ1v) is 6.77. The van der Waals surface area contributed by atoms with Gasteiger partial charge in [-0.25, -0.2) is 12.8 Å². The van der Waals surface area contributed by atoms with Gasteiger partial charge in [-0.3, -0.25) is 0 Å². The second-order valence-electron chi connectivity index (χ2n) is 4.08. The van der Waals surface area contributed by atoms with Crippen molar-refractivity contribution in [2.24, 2.45) is 0 Å². The van der Waals surface area contributed by atoms with Crippen molar-refractivity contribution in [2.75, 3.05) is 5.75 Å². The van der Waals surface area contributed by atoms with E-state index in [1.807, 2.05) is 0 Å². The first-order chi connectivity index (χ1) is 9.68. The predicted molar refractivity (Wildman–Crippen MR) is 56.4 cm³/mol. The lowest BCUT2D eigenvalue weighted by atomic mass is 10.1. The van der Waals surface area contributed by atoms with E-state index in [0.29, 0.717) is 24.3 Å². The Kier molecular flexibility index (Phi) is 4.68. The van der Waals surface area contributed by atoms with Gasteiger partial charge in [-0.2, -0.15) is 26.3 Å². The molecule has 0 aliphatic rings. The van der Waals surface area contributed by atoms with E-state index in [-0.39, 0.29) is 0 Å². The van der Waals surface area contributed by atoms with Crippen molar-refractivity contribution >= 4 is 10.1 Å². The summed E-state index contributed by atoms with van der Waals surface area (Å²) in [5.41, 5.74) is -5.27. The fourth-order valence-electron chi connectivity index (χ4n) is 1.42. The smallest absolute Gasteiger partial charge is 0.438 e. The molecule has 1 rings (SSSR count). The minimum absolute atomic E-state index is 0.430. The largest absolute Gasteiger partial charge is 0.748 e. The first kappa shape index (κ1) is 18.5. The highest BCUT2D eigenvalue weighted by atomic mass is 32.2. The van der Waals surface area contributed by atoms with Crippen LogP contribution in [0, 0.1) is 5.82 Å². The van der Waals surface area contributed by atoms with E-state index in [4.69, 9.17) is 0 Å². The molecule has 0 aromatic heterocycles. The van der Waals surface area contributed by atoms with Crippen LogP contribution in [0.4, 0.5) is 30.7 Å². The van der Waals surface area contributed by atoms with Crippen LogP contribution in [0.15, 0.2) is 24.3 Å². The molecule has 0 aliphatic heterocycles. The van der Waals surface area contributed by atoms with Crippen LogP contribution in [-0.2, 0) is 10.1 Å². The third kappa shape index (κ3) is 4.00. The fraction of sp³-hybridized carbons (Fsp3) is 0.400. The molecule has 12 heteroatoms. The summed E-state index contributed by atoms with van der Waals surface area (Å²) < 4.78 is 125. The molecule has 0 saturated heterocycles. The van der Waals surface area contributed by atoms with Crippen LogP contribution < -0.4 is 4.74 Å². The Hall–Kier alpha value is -1.56. The Morgan fingerprint density at radius 1 is 0.955 bits per heavy atom. The van der Waals surface area contributed by atoms with E-state index >= 15 is 0 Å². The lowest BCUT2D eigenvalue weighted by Gasteiger charge is -2.37. The van der Waals surface area contributed by atoms with Crippen molar-refractivity contribution in [3.05, 3.63) is 30.1 Å². The van der Waals surface area contributed by atoms with Crippen LogP contribution in [-0.4, -0.2) is 36.7 Å². The Labute approximate surface area is 119 Å². The lowest BCUT2D eigenvalue weighted by molar-refractivity contribution is -0.348. The molecule has 0 saturated carbocycles. The molecule has 0 atom stereocenters. The zero-order valence-corrected chi connectivity index (χ0v) is 11.0. The van der Waals surface area contributed by atoms with Gasteiger partial charge in [0.05, 0.1) is 15.9 Å². The normalized spacial score (nSPS) is 14.0. The molecule has 0 bridgehead atoms. The minimum Gasteiger partial charge on any atom is -0.748 e. The number of halogens is 7. The van der Waals surface area contributed by atoms with E-state index < -0.39 is 45.4 Å². The van der Waals surface area contributed by atoms with Gasteiger partial charge in [0.1, 0.15) is 11.6 Å². The molecule has 0 spiro atoms. The third-order valence-corrected chi connectivity index (χ3v) is 3.16. The van der Waals surface area contributed by atoms with Gasteiger partial charge >= 0.3 is 18.0 Å². The molecule has 0 radical (unpaired) electrons. The molecular formula is C10H6F7O4S-. The molecule has 0 heterocycles. The minimum atomic E-state index is -6.27. The number of hydrogen-bond acceptors (Lipinski definition) is 4. The monoisotopic (exact) mass is 355 g/mol. The van der Waals surface area contributed by atoms with Crippen molar-refractivity contribution in [1.29, 1.82) is 0 Å². The summed E-state index contributed by atoms with van der Waals surface area (Å²) in [7, 11) is -5.97. The van der Waals surface area contributed by atoms with E-state index in [1.54, 1.807) is 0 Å². The number of alkyl halides is 6. The van der Waals surface area contributed by atoms with Crippen molar-refractivity contribution < 1.29 is 48.4 Å². The van der Waals surface area contributed by atoms with E-state index in [0.717, 1.165) is 0 Å². The second-order valence-corrected chi connectivity index (χ2v) is 5.48. The van der Waals surface area contributed by atoms with Crippen LogP contribution in [0.25, 0.3) is 0 Å². The maximum Gasteiger partial charge on any atom is 0.438 e. The standard InChI is InChI=1S/C10H7F7O4S/c11-6-1-3-7(4-2-6)21-8(9(12,13)14,10(15,16)17)5-22(18,19)20/h1-4H,5H2,(H,18,19,20)/p-1. The Morgan fingerprint density at radius 3 is 1.68 bits per heavy atom. The van der Waals surface area contributed by atoms with Gasteiger partial charge in [0.2, 0.25) is 0 Å².